The number of benzene rings is 2. The second-order valence-corrected chi connectivity index (χ2v) is 12.5. The highest BCUT2D eigenvalue weighted by Gasteiger charge is 2.49. The SMILES string of the molecule is C[C@H]1C2Cc3ccc(C(=O)NCCc4ccc(-c5ccc(N(C)C)cc5)nc4)cc3[C@@]1(C)CCN2CC1CC1. The molecule has 3 atom stereocenters. The maximum Gasteiger partial charge on any atom is 0.251 e. The van der Waals surface area contributed by atoms with Crippen molar-refractivity contribution in [3.63, 3.8) is 0 Å². The molecule has 0 radical (unpaired) electrons. The van der Waals surface area contributed by atoms with Crippen LogP contribution in [0, 0.1) is 11.8 Å². The average Bonchev–Trinajstić information content (AvgIpc) is 3.77. The number of rotatable bonds is 8. The molecule has 2 fully saturated rings. The minimum atomic E-state index is 0.0212. The fourth-order valence-electron chi connectivity index (χ4n) is 6.80. The van der Waals surface area contributed by atoms with Crippen LogP contribution in [-0.4, -0.2) is 55.6 Å². The number of aromatic nitrogens is 1. The summed E-state index contributed by atoms with van der Waals surface area (Å²) < 4.78 is 0. The first-order valence-corrected chi connectivity index (χ1v) is 14.7. The molecule has 3 aliphatic rings. The van der Waals surface area contributed by atoms with Gasteiger partial charge in [-0.25, -0.2) is 0 Å². The van der Waals surface area contributed by atoms with Crippen LogP contribution < -0.4 is 10.2 Å². The molecule has 2 aromatic carbocycles. The quantitative estimate of drug-likeness (QED) is 0.411. The smallest absolute Gasteiger partial charge is 0.251 e. The molecular weight excluding hydrogens is 480 g/mol. The molecule has 2 heterocycles. The molecule has 5 nitrogen and oxygen atoms in total. The molecule has 2 aliphatic carbocycles. The summed E-state index contributed by atoms with van der Waals surface area (Å²) >= 11 is 0. The van der Waals surface area contributed by atoms with Crippen molar-refractivity contribution >= 4 is 11.6 Å². The molecule has 6 rings (SSSR count). The Kier molecular flexibility index (Phi) is 6.96. The molecule has 1 aliphatic heterocycles. The van der Waals surface area contributed by atoms with Crippen LogP contribution in [0.5, 0.6) is 0 Å². The maximum atomic E-state index is 13.1. The lowest BCUT2D eigenvalue weighted by molar-refractivity contribution is 0.0284. The van der Waals surface area contributed by atoms with Gasteiger partial charge in [-0.05, 0) is 103 Å². The van der Waals surface area contributed by atoms with E-state index in [-0.39, 0.29) is 11.3 Å². The molecular formula is C34H42N4O. The van der Waals surface area contributed by atoms with Gasteiger partial charge in [0.15, 0.2) is 0 Å². The van der Waals surface area contributed by atoms with Crippen molar-refractivity contribution in [3.05, 3.63) is 83.0 Å². The highest BCUT2D eigenvalue weighted by atomic mass is 16.1. The van der Waals surface area contributed by atoms with Crippen LogP contribution >= 0.6 is 0 Å². The van der Waals surface area contributed by atoms with Crippen molar-refractivity contribution in [3.8, 4) is 11.3 Å². The topological polar surface area (TPSA) is 48.5 Å². The zero-order chi connectivity index (χ0) is 27.1. The summed E-state index contributed by atoms with van der Waals surface area (Å²) in [5.41, 5.74) is 8.15. The number of nitrogens with one attached hydrogen (secondary N) is 1. The number of likely N-dealkylation sites (tertiary alicyclic amines) is 1. The summed E-state index contributed by atoms with van der Waals surface area (Å²) in [4.78, 5) is 22.7. The van der Waals surface area contributed by atoms with E-state index in [0.29, 0.717) is 18.5 Å². The van der Waals surface area contributed by atoms with Gasteiger partial charge in [0.25, 0.3) is 5.91 Å². The van der Waals surface area contributed by atoms with Gasteiger partial charge in [-0.1, -0.05) is 38.1 Å². The van der Waals surface area contributed by atoms with E-state index in [1.165, 1.54) is 49.2 Å². The van der Waals surface area contributed by atoms with Crippen molar-refractivity contribution in [2.45, 2.75) is 57.4 Å². The first-order chi connectivity index (χ1) is 18.8. The number of amides is 1. The predicted molar refractivity (Wildman–Crippen MR) is 159 cm³/mol. The van der Waals surface area contributed by atoms with E-state index in [1.54, 1.807) is 0 Å². The zero-order valence-electron chi connectivity index (χ0n) is 23.9. The van der Waals surface area contributed by atoms with Gasteiger partial charge in [0.1, 0.15) is 0 Å². The molecule has 1 unspecified atom stereocenters. The third-order valence-electron chi connectivity index (χ3n) is 9.78. The van der Waals surface area contributed by atoms with Gasteiger partial charge in [0, 0.05) is 56.2 Å². The molecule has 1 saturated carbocycles. The molecule has 1 N–H and O–H groups in total. The number of pyridine rings is 1. The highest BCUT2D eigenvalue weighted by molar-refractivity contribution is 5.94. The molecule has 1 amide bonds. The van der Waals surface area contributed by atoms with Crippen LogP contribution in [0.2, 0.25) is 0 Å². The van der Waals surface area contributed by atoms with E-state index >= 15 is 0 Å². The summed E-state index contributed by atoms with van der Waals surface area (Å²) in [7, 11) is 4.08. The Morgan fingerprint density at radius 1 is 1.10 bits per heavy atom. The lowest BCUT2D eigenvalue weighted by Crippen LogP contribution is -2.58. The van der Waals surface area contributed by atoms with E-state index in [2.05, 4.69) is 82.5 Å². The van der Waals surface area contributed by atoms with Gasteiger partial charge in [-0.2, -0.15) is 0 Å². The van der Waals surface area contributed by atoms with Gasteiger partial charge in [-0.3, -0.25) is 14.7 Å². The zero-order valence-corrected chi connectivity index (χ0v) is 23.9. The van der Waals surface area contributed by atoms with Gasteiger partial charge in [0.2, 0.25) is 0 Å². The number of nitrogens with zero attached hydrogens (tertiary/aromatic N) is 3. The third-order valence-corrected chi connectivity index (χ3v) is 9.78. The lowest BCUT2D eigenvalue weighted by atomic mass is 9.59. The van der Waals surface area contributed by atoms with Gasteiger partial charge in [-0.15, -0.1) is 0 Å². The highest BCUT2D eigenvalue weighted by Crippen LogP contribution is 2.49. The summed E-state index contributed by atoms with van der Waals surface area (Å²) in [6.45, 7) is 7.94. The molecule has 0 spiro atoms. The van der Waals surface area contributed by atoms with Crippen molar-refractivity contribution in [1.29, 1.82) is 0 Å². The predicted octanol–water partition coefficient (Wildman–Crippen LogP) is 5.72. The largest absolute Gasteiger partial charge is 0.378 e. The van der Waals surface area contributed by atoms with E-state index in [0.717, 1.165) is 41.1 Å². The second kappa shape index (κ2) is 10.4. The molecule has 39 heavy (non-hydrogen) atoms. The van der Waals surface area contributed by atoms with Gasteiger partial charge >= 0.3 is 0 Å². The number of hydrogen-bond acceptors (Lipinski definition) is 4. The first-order valence-electron chi connectivity index (χ1n) is 14.7. The van der Waals surface area contributed by atoms with Crippen molar-refractivity contribution in [2.24, 2.45) is 11.8 Å². The Bertz CT molecular complexity index is 1330. The monoisotopic (exact) mass is 522 g/mol. The number of piperidine rings is 1. The Hall–Kier alpha value is -3.18. The standard InChI is InChI=1S/C34H42N4O/c1-23-32-20-27-8-9-28(19-30(27)34(23,2)16-18-38(32)22-25-5-6-25)33(39)35-17-15-24-7-14-31(36-21-24)26-10-12-29(13-11-26)37(3)4/h7-14,19,21,23,25,32H,5-6,15-18,20,22H2,1-4H3,(H,35,39)/t23-,32?,34-/m0/s1. The van der Waals surface area contributed by atoms with E-state index in [9.17, 15) is 4.79 Å². The fourth-order valence-corrected chi connectivity index (χ4v) is 6.80. The molecule has 1 saturated heterocycles. The Morgan fingerprint density at radius 3 is 2.59 bits per heavy atom. The molecule has 5 heteroatoms. The fraction of sp³-hybridized carbons (Fsp3) is 0.471. The Morgan fingerprint density at radius 2 is 1.90 bits per heavy atom. The normalized spacial score (nSPS) is 24.2. The number of anilines is 1. The number of carbonyl (C=O) groups excluding carboxylic acids is 1. The lowest BCUT2D eigenvalue weighted by Gasteiger charge is -2.55. The first kappa shape index (κ1) is 26.1. The van der Waals surface area contributed by atoms with E-state index in [4.69, 9.17) is 0 Å². The van der Waals surface area contributed by atoms with Crippen molar-refractivity contribution in [1.82, 2.24) is 15.2 Å². The van der Waals surface area contributed by atoms with Crippen LogP contribution in [0.15, 0.2) is 60.8 Å². The molecule has 1 aromatic heterocycles. The number of fused-ring (bicyclic) bond motifs is 4. The van der Waals surface area contributed by atoms with Crippen molar-refractivity contribution in [2.75, 3.05) is 38.6 Å². The third kappa shape index (κ3) is 5.21. The Labute approximate surface area is 233 Å². The Balaban J connectivity index is 1.07. The van der Waals surface area contributed by atoms with Crippen LogP contribution in [0.4, 0.5) is 5.69 Å². The average molecular weight is 523 g/mol. The van der Waals surface area contributed by atoms with Crippen LogP contribution in [0.1, 0.15) is 60.2 Å². The van der Waals surface area contributed by atoms with Gasteiger partial charge < -0.3 is 10.2 Å². The van der Waals surface area contributed by atoms with Gasteiger partial charge in [0.05, 0.1) is 5.69 Å². The van der Waals surface area contributed by atoms with Crippen LogP contribution in [0.25, 0.3) is 11.3 Å². The summed E-state index contributed by atoms with van der Waals surface area (Å²) in [6, 6.07) is 19.7. The maximum absolute atomic E-state index is 13.1. The van der Waals surface area contributed by atoms with Crippen molar-refractivity contribution < 1.29 is 4.79 Å². The minimum Gasteiger partial charge on any atom is -0.378 e. The molecule has 204 valence electrons. The molecule has 2 bridgehead atoms. The van der Waals surface area contributed by atoms with Crippen LogP contribution in [-0.2, 0) is 18.3 Å². The van der Waals surface area contributed by atoms with E-state index in [1.807, 2.05) is 26.4 Å². The van der Waals surface area contributed by atoms with E-state index < -0.39 is 0 Å². The van der Waals surface area contributed by atoms with Crippen LogP contribution in [0.3, 0.4) is 0 Å². The molecule has 3 aromatic rings. The summed E-state index contributed by atoms with van der Waals surface area (Å²) in [5, 5.41) is 3.15. The summed E-state index contributed by atoms with van der Waals surface area (Å²) in [5.74, 6) is 1.56. The minimum absolute atomic E-state index is 0.0212. The summed E-state index contributed by atoms with van der Waals surface area (Å²) in [6.07, 6.45) is 7.81. The second-order valence-electron chi connectivity index (χ2n) is 12.5. The number of hydrogen-bond donors (Lipinski definition) is 1. The number of carbonyl (C=O) groups is 1.